The van der Waals surface area contributed by atoms with Crippen LogP contribution in [-0.4, -0.2) is 12.3 Å². The summed E-state index contributed by atoms with van der Waals surface area (Å²) in [5.41, 5.74) is 8.71. The van der Waals surface area contributed by atoms with Crippen molar-refractivity contribution in [1.29, 1.82) is 0 Å². The van der Waals surface area contributed by atoms with E-state index in [1.807, 2.05) is 29.7 Å². The topological polar surface area (TPSA) is 45.6 Å². The van der Waals surface area contributed by atoms with Crippen LogP contribution in [-0.2, 0) is 0 Å². The number of amidine groups is 1. The van der Waals surface area contributed by atoms with E-state index in [9.17, 15) is 0 Å². The van der Waals surface area contributed by atoms with Crippen molar-refractivity contribution in [3.63, 3.8) is 0 Å². The number of para-hydroxylation sites is 1. The first-order valence-corrected chi connectivity index (χ1v) is 8.37. The third-order valence-corrected chi connectivity index (χ3v) is 4.43. The Labute approximate surface area is 148 Å². The molecule has 2 aromatic rings. The molecule has 0 amide bonds. The van der Waals surface area contributed by atoms with Gasteiger partial charge in [0, 0.05) is 16.0 Å². The highest BCUT2D eigenvalue weighted by atomic mass is 35.5. The smallest absolute Gasteiger partial charge is 0.184 e. The molecule has 4 nitrogen and oxygen atoms in total. The van der Waals surface area contributed by atoms with Crippen LogP contribution in [0.1, 0.15) is 5.56 Å². The van der Waals surface area contributed by atoms with E-state index in [0.717, 1.165) is 17.0 Å². The van der Waals surface area contributed by atoms with Crippen molar-refractivity contribution in [2.24, 2.45) is 4.99 Å². The first kappa shape index (κ1) is 16.1. The van der Waals surface area contributed by atoms with Gasteiger partial charge in [-0.25, -0.2) is 4.99 Å². The van der Waals surface area contributed by atoms with Crippen LogP contribution in [0.25, 0.3) is 5.70 Å². The maximum absolute atomic E-state index is 6.13. The van der Waals surface area contributed by atoms with Gasteiger partial charge >= 0.3 is 0 Å². The van der Waals surface area contributed by atoms with Gasteiger partial charge in [-0.1, -0.05) is 47.1 Å². The van der Waals surface area contributed by atoms with Gasteiger partial charge in [0.05, 0.1) is 23.5 Å². The summed E-state index contributed by atoms with van der Waals surface area (Å²) in [6, 6.07) is 13.0. The standard InChI is InChI=1S/C16H13Cl2N3OS/c1-22-15-5-3-2-4-11(15)14-9-23-16(21-20-14)19-13-7-6-10(17)8-12(13)18/h2-9,20H,1H3,(H,19,21). The molecule has 0 unspecified atom stereocenters. The lowest BCUT2D eigenvalue weighted by Crippen LogP contribution is -2.36. The number of ether oxygens (including phenoxy) is 1. The number of methoxy groups -OCH3 is 1. The van der Waals surface area contributed by atoms with Gasteiger partial charge in [0.25, 0.3) is 0 Å². The number of aliphatic imine (C=N–C) groups is 1. The largest absolute Gasteiger partial charge is 0.496 e. The van der Waals surface area contributed by atoms with Crippen LogP contribution in [0.5, 0.6) is 5.75 Å². The maximum Gasteiger partial charge on any atom is 0.184 e. The second-order valence-electron chi connectivity index (χ2n) is 4.61. The van der Waals surface area contributed by atoms with Crippen molar-refractivity contribution in [3.05, 3.63) is 63.5 Å². The van der Waals surface area contributed by atoms with Crippen molar-refractivity contribution in [2.45, 2.75) is 0 Å². The van der Waals surface area contributed by atoms with Gasteiger partial charge < -0.3 is 4.74 Å². The van der Waals surface area contributed by atoms with E-state index in [1.54, 1.807) is 25.3 Å². The van der Waals surface area contributed by atoms with Gasteiger partial charge in [-0.15, -0.1) is 0 Å². The summed E-state index contributed by atoms with van der Waals surface area (Å²) in [5, 5.41) is 3.75. The second kappa shape index (κ2) is 7.17. The molecule has 1 heterocycles. The summed E-state index contributed by atoms with van der Waals surface area (Å²) in [6.07, 6.45) is 0. The number of benzene rings is 2. The molecular formula is C16H13Cl2N3OS. The average molecular weight is 366 g/mol. The third kappa shape index (κ3) is 3.75. The molecule has 2 N–H and O–H groups in total. The molecule has 0 bridgehead atoms. The predicted molar refractivity (Wildman–Crippen MR) is 98.4 cm³/mol. The molecule has 1 aliphatic heterocycles. The Bertz CT molecular complexity index is 793. The molecule has 23 heavy (non-hydrogen) atoms. The van der Waals surface area contributed by atoms with Crippen molar-refractivity contribution in [2.75, 3.05) is 7.11 Å². The van der Waals surface area contributed by atoms with E-state index in [2.05, 4.69) is 15.8 Å². The highest BCUT2D eigenvalue weighted by molar-refractivity contribution is 8.16. The molecule has 0 aliphatic carbocycles. The summed E-state index contributed by atoms with van der Waals surface area (Å²) in [7, 11) is 1.65. The first-order chi connectivity index (χ1) is 11.2. The summed E-state index contributed by atoms with van der Waals surface area (Å²) in [5.74, 6) is 0.801. The van der Waals surface area contributed by atoms with Crippen LogP contribution >= 0.6 is 35.0 Å². The van der Waals surface area contributed by atoms with Gasteiger partial charge in [0.2, 0.25) is 0 Å². The first-order valence-electron chi connectivity index (χ1n) is 6.73. The highest BCUT2D eigenvalue weighted by Crippen LogP contribution is 2.31. The van der Waals surface area contributed by atoms with Crippen molar-refractivity contribution >= 4 is 51.5 Å². The van der Waals surface area contributed by atoms with E-state index in [-0.39, 0.29) is 0 Å². The summed E-state index contributed by atoms with van der Waals surface area (Å²) in [6.45, 7) is 0. The van der Waals surface area contributed by atoms with Crippen LogP contribution in [0.3, 0.4) is 0 Å². The molecule has 118 valence electrons. The van der Waals surface area contributed by atoms with Crippen molar-refractivity contribution in [1.82, 2.24) is 10.9 Å². The minimum Gasteiger partial charge on any atom is -0.496 e. The second-order valence-corrected chi connectivity index (χ2v) is 6.31. The van der Waals surface area contributed by atoms with Crippen LogP contribution in [0, 0.1) is 0 Å². The monoisotopic (exact) mass is 365 g/mol. The SMILES string of the molecule is COc1ccccc1C1=CSC(=Nc2ccc(Cl)cc2Cl)NN1. The van der Waals surface area contributed by atoms with Gasteiger partial charge in [-0.2, -0.15) is 0 Å². The minimum absolute atomic E-state index is 0.506. The Morgan fingerprint density at radius 3 is 2.61 bits per heavy atom. The zero-order valence-corrected chi connectivity index (χ0v) is 14.5. The van der Waals surface area contributed by atoms with E-state index >= 15 is 0 Å². The molecule has 3 rings (SSSR count). The summed E-state index contributed by atoms with van der Waals surface area (Å²) >= 11 is 13.5. The molecular weight excluding hydrogens is 353 g/mol. The van der Waals surface area contributed by atoms with E-state index in [0.29, 0.717) is 20.9 Å². The van der Waals surface area contributed by atoms with Crippen molar-refractivity contribution in [3.8, 4) is 5.75 Å². The maximum atomic E-state index is 6.13. The molecule has 0 saturated carbocycles. The Morgan fingerprint density at radius 1 is 1.09 bits per heavy atom. The van der Waals surface area contributed by atoms with E-state index < -0.39 is 0 Å². The van der Waals surface area contributed by atoms with Gasteiger partial charge in [0.1, 0.15) is 5.75 Å². The zero-order chi connectivity index (χ0) is 16.2. The molecule has 0 saturated heterocycles. The number of halogens is 2. The molecule has 7 heteroatoms. The number of hydrogen-bond acceptors (Lipinski definition) is 4. The fourth-order valence-corrected chi connectivity index (χ4v) is 3.16. The molecule has 0 aromatic heterocycles. The number of thioether (sulfide) groups is 1. The van der Waals surface area contributed by atoms with E-state index in [4.69, 9.17) is 27.9 Å². The summed E-state index contributed by atoms with van der Waals surface area (Å²) < 4.78 is 5.37. The predicted octanol–water partition coefficient (Wildman–Crippen LogP) is 4.83. The fraction of sp³-hybridized carbons (Fsp3) is 0.0625. The lowest BCUT2D eigenvalue weighted by Gasteiger charge is -2.20. The van der Waals surface area contributed by atoms with Gasteiger partial charge in [-0.3, -0.25) is 10.9 Å². The number of nitrogens with one attached hydrogen (secondary N) is 2. The Kier molecular flexibility index (Phi) is 5.00. The molecule has 0 spiro atoms. The van der Waals surface area contributed by atoms with Crippen LogP contribution < -0.4 is 15.6 Å². The lowest BCUT2D eigenvalue weighted by molar-refractivity contribution is 0.413. The van der Waals surface area contributed by atoms with Crippen molar-refractivity contribution < 1.29 is 4.74 Å². The van der Waals surface area contributed by atoms with E-state index in [1.165, 1.54) is 11.8 Å². The average Bonchev–Trinajstić information content (AvgIpc) is 2.58. The third-order valence-electron chi connectivity index (χ3n) is 3.12. The van der Waals surface area contributed by atoms with Gasteiger partial charge in [-0.05, 0) is 30.3 Å². The highest BCUT2D eigenvalue weighted by Gasteiger charge is 2.14. The van der Waals surface area contributed by atoms with Crippen LogP contribution in [0.15, 0.2) is 52.9 Å². The quantitative estimate of drug-likeness (QED) is 0.817. The molecule has 0 radical (unpaired) electrons. The number of hydrazine groups is 1. The Hall–Kier alpha value is -1.82. The molecule has 1 aliphatic rings. The minimum atomic E-state index is 0.506. The van der Waals surface area contributed by atoms with Crippen LogP contribution in [0.4, 0.5) is 5.69 Å². The van der Waals surface area contributed by atoms with Crippen LogP contribution in [0.2, 0.25) is 10.0 Å². The zero-order valence-electron chi connectivity index (χ0n) is 12.1. The lowest BCUT2D eigenvalue weighted by atomic mass is 10.1. The normalized spacial score (nSPS) is 15.6. The molecule has 0 fully saturated rings. The number of nitrogens with zero attached hydrogens (tertiary/aromatic N) is 1. The Balaban J connectivity index is 1.81. The van der Waals surface area contributed by atoms with Gasteiger partial charge in [0.15, 0.2) is 5.17 Å². The Morgan fingerprint density at radius 2 is 1.91 bits per heavy atom. The summed E-state index contributed by atoms with van der Waals surface area (Å²) in [4.78, 5) is 4.47. The molecule has 0 atom stereocenters. The number of hydrogen-bond donors (Lipinski definition) is 2. The molecule has 2 aromatic carbocycles. The fourth-order valence-electron chi connectivity index (χ4n) is 2.03. The number of rotatable bonds is 3.